The highest BCUT2D eigenvalue weighted by molar-refractivity contribution is 5.76. The first-order valence-corrected chi connectivity index (χ1v) is 7.70. The van der Waals surface area contributed by atoms with Crippen LogP contribution in [0.4, 0.5) is 0 Å². The first kappa shape index (κ1) is 15.0. The van der Waals surface area contributed by atoms with Crippen molar-refractivity contribution in [3.63, 3.8) is 0 Å². The zero-order valence-corrected chi connectivity index (χ0v) is 12.8. The summed E-state index contributed by atoms with van der Waals surface area (Å²) in [6.45, 7) is 6.62. The van der Waals surface area contributed by atoms with E-state index < -0.39 is 0 Å². The van der Waals surface area contributed by atoms with Crippen molar-refractivity contribution >= 4 is 5.91 Å². The van der Waals surface area contributed by atoms with Crippen molar-refractivity contribution < 1.29 is 4.79 Å². The van der Waals surface area contributed by atoms with Crippen molar-refractivity contribution in [1.29, 1.82) is 0 Å². The summed E-state index contributed by atoms with van der Waals surface area (Å²) in [5.74, 6) is 0.994. The standard InChI is InChI=1S/C15H26N4O/c1-10(2)7-8-14-13(9-15(16)20)17-18-19(14)11(3)12-5-4-6-12/h10-12H,4-9H2,1-3H3,(H2,16,20). The molecule has 112 valence electrons. The van der Waals surface area contributed by atoms with Gasteiger partial charge in [-0.15, -0.1) is 5.10 Å². The topological polar surface area (TPSA) is 73.8 Å². The summed E-state index contributed by atoms with van der Waals surface area (Å²) in [6.07, 6.45) is 6.07. The van der Waals surface area contributed by atoms with E-state index in [2.05, 4.69) is 31.1 Å². The molecule has 1 atom stereocenters. The Morgan fingerprint density at radius 1 is 1.40 bits per heavy atom. The second-order valence-electron chi connectivity index (χ2n) is 6.43. The maximum Gasteiger partial charge on any atom is 0.223 e. The minimum absolute atomic E-state index is 0.199. The van der Waals surface area contributed by atoms with E-state index >= 15 is 0 Å². The average molecular weight is 278 g/mol. The molecule has 1 unspecified atom stereocenters. The normalized spacial score (nSPS) is 17.2. The Bertz CT molecular complexity index is 462. The lowest BCUT2D eigenvalue weighted by molar-refractivity contribution is -0.117. The summed E-state index contributed by atoms with van der Waals surface area (Å²) in [5, 5.41) is 8.52. The molecule has 1 heterocycles. The fourth-order valence-electron chi connectivity index (χ4n) is 2.78. The largest absolute Gasteiger partial charge is 0.369 e. The number of amides is 1. The zero-order chi connectivity index (χ0) is 14.7. The SMILES string of the molecule is CC(C)CCc1c(CC(N)=O)nnn1C(C)C1CCC1. The van der Waals surface area contributed by atoms with Crippen molar-refractivity contribution in [2.75, 3.05) is 0 Å². The molecule has 0 bridgehead atoms. The molecule has 1 saturated carbocycles. The molecule has 0 aromatic carbocycles. The van der Waals surface area contributed by atoms with Gasteiger partial charge >= 0.3 is 0 Å². The Hall–Kier alpha value is -1.39. The van der Waals surface area contributed by atoms with Gasteiger partial charge in [-0.2, -0.15) is 0 Å². The van der Waals surface area contributed by atoms with Crippen molar-refractivity contribution in [2.45, 2.75) is 65.3 Å². The zero-order valence-electron chi connectivity index (χ0n) is 12.8. The molecule has 20 heavy (non-hydrogen) atoms. The fourth-order valence-corrected chi connectivity index (χ4v) is 2.78. The van der Waals surface area contributed by atoms with E-state index in [1.165, 1.54) is 19.3 Å². The first-order chi connectivity index (χ1) is 9.49. The van der Waals surface area contributed by atoms with Gasteiger partial charge < -0.3 is 5.73 Å². The van der Waals surface area contributed by atoms with Gasteiger partial charge in [0.25, 0.3) is 0 Å². The third-order valence-corrected chi connectivity index (χ3v) is 4.39. The number of nitrogens with zero attached hydrogens (tertiary/aromatic N) is 3. The molecule has 1 aromatic rings. The molecule has 1 aliphatic rings. The monoisotopic (exact) mass is 278 g/mol. The van der Waals surface area contributed by atoms with E-state index in [1.54, 1.807) is 0 Å². The maximum atomic E-state index is 11.2. The molecule has 2 N–H and O–H groups in total. The number of rotatable bonds is 7. The molecule has 5 nitrogen and oxygen atoms in total. The number of hydrogen-bond acceptors (Lipinski definition) is 3. The van der Waals surface area contributed by atoms with Crippen LogP contribution in [0, 0.1) is 11.8 Å². The van der Waals surface area contributed by atoms with Gasteiger partial charge in [0.1, 0.15) is 0 Å². The van der Waals surface area contributed by atoms with Gasteiger partial charge in [-0.3, -0.25) is 4.79 Å². The highest BCUT2D eigenvalue weighted by Crippen LogP contribution is 2.36. The van der Waals surface area contributed by atoms with Crippen LogP contribution in [-0.4, -0.2) is 20.9 Å². The van der Waals surface area contributed by atoms with Gasteiger partial charge in [0, 0.05) is 0 Å². The van der Waals surface area contributed by atoms with E-state index in [0.29, 0.717) is 17.9 Å². The van der Waals surface area contributed by atoms with Gasteiger partial charge in [-0.05, 0) is 44.4 Å². The van der Waals surface area contributed by atoms with Gasteiger partial charge in [0.2, 0.25) is 5.91 Å². The smallest absolute Gasteiger partial charge is 0.223 e. The molecule has 0 spiro atoms. The second kappa shape index (κ2) is 6.37. The molecular formula is C15H26N4O. The Balaban J connectivity index is 2.20. The maximum absolute atomic E-state index is 11.2. The van der Waals surface area contributed by atoms with Crippen molar-refractivity contribution in [1.82, 2.24) is 15.0 Å². The Kier molecular flexibility index (Phi) is 4.78. The molecule has 0 radical (unpaired) electrons. The van der Waals surface area contributed by atoms with Crippen LogP contribution in [0.25, 0.3) is 0 Å². The molecular weight excluding hydrogens is 252 g/mol. The number of carbonyl (C=O) groups excluding carboxylic acids is 1. The van der Waals surface area contributed by atoms with Crippen LogP contribution in [0.15, 0.2) is 0 Å². The lowest BCUT2D eigenvalue weighted by atomic mass is 9.80. The van der Waals surface area contributed by atoms with E-state index in [-0.39, 0.29) is 12.3 Å². The Morgan fingerprint density at radius 2 is 2.10 bits per heavy atom. The number of carbonyl (C=O) groups is 1. The average Bonchev–Trinajstić information content (AvgIpc) is 2.66. The lowest BCUT2D eigenvalue weighted by Gasteiger charge is -2.32. The first-order valence-electron chi connectivity index (χ1n) is 7.70. The predicted octanol–water partition coefficient (Wildman–Crippen LogP) is 2.26. The molecule has 1 aromatic heterocycles. The molecule has 1 fully saturated rings. The fraction of sp³-hybridized carbons (Fsp3) is 0.800. The number of primary amides is 1. The molecule has 1 amide bonds. The van der Waals surface area contributed by atoms with Gasteiger partial charge in [0.05, 0.1) is 23.9 Å². The molecule has 5 heteroatoms. The van der Waals surface area contributed by atoms with Crippen LogP contribution in [-0.2, 0) is 17.6 Å². The van der Waals surface area contributed by atoms with Crippen LogP contribution in [0.5, 0.6) is 0 Å². The van der Waals surface area contributed by atoms with Crippen LogP contribution >= 0.6 is 0 Å². The summed E-state index contributed by atoms with van der Waals surface area (Å²) in [5.41, 5.74) is 7.19. The minimum atomic E-state index is -0.334. The second-order valence-corrected chi connectivity index (χ2v) is 6.43. The predicted molar refractivity (Wildman–Crippen MR) is 78.1 cm³/mol. The van der Waals surface area contributed by atoms with Gasteiger partial charge in [-0.1, -0.05) is 25.5 Å². The summed E-state index contributed by atoms with van der Waals surface area (Å²) in [4.78, 5) is 11.2. The van der Waals surface area contributed by atoms with Gasteiger partial charge in [-0.25, -0.2) is 4.68 Å². The summed E-state index contributed by atoms with van der Waals surface area (Å²) >= 11 is 0. The van der Waals surface area contributed by atoms with Crippen molar-refractivity contribution in [3.05, 3.63) is 11.4 Å². The van der Waals surface area contributed by atoms with E-state index in [4.69, 9.17) is 5.73 Å². The van der Waals surface area contributed by atoms with Crippen molar-refractivity contribution in [2.24, 2.45) is 17.6 Å². The van der Waals surface area contributed by atoms with Gasteiger partial charge in [0.15, 0.2) is 0 Å². The van der Waals surface area contributed by atoms with Crippen molar-refractivity contribution in [3.8, 4) is 0 Å². The van der Waals surface area contributed by atoms with Crippen LogP contribution in [0.1, 0.15) is 63.9 Å². The molecule has 0 aliphatic heterocycles. The van der Waals surface area contributed by atoms with Crippen LogP contribution in [0.2, 0.25) is 0 Å². The van der Waals surface area contributed by atoms with E-state index in [0.717, 1.165) is 24.2 Å². The molecule has 2 rings (SSSR count). The summed E-state index contributed by atoms with van der Waals surface area (Å²) in [6, 6.07) is 0.375. The Labute approximate surface area is 120 Å². The number of aromatic nitrogens is 3. The lowest BCUT2D eigenvalue weighted by Crippen LogP contribution is -2.25. The quantitative estimate of drug-likeness (QED) is 0.831. The minimum Gasteiger partial charge on any atom is -0.369 e. The molecule has 0 saturated heterocycles. The highest BCUT2D eigenvalue weighted by atomic mass is 16.1. The van der Waals surface area contributed by atoms with Crippen LogP contribution in [0.3, 0.4) is 0 Å². The summed E-state index contributed by atoms with van der Waals surface area (Å²) < 4.78 is 2.05. The Morgan fingerprint density at radius 3 is 2.60 bits per heavy atom. The highest BCUT2D eigenvalue weighted by Gasteiger charge is 2.28. The van der Waals surface area contributed by atoms with Crippen LogP contribution < -0.4 is 5.73 Å². The third-order valence-electron chi connectivity index (χ3n) is 4.39. The number of nitrogens with two attached hydrogens (primary N) is 1. The number of hydrogen-bond donors (Lipinski definition) is 1. The summed E-state index contributed by atoms with van der Waals surface area (Å²) in [7, 11) is 0. The molecule has 1 aliphatic carbocycles. The third kappa shape index (κ3) is 3.38. The van der Waals surface area contributed by atoms with E-state index in [1.807, 2.05) is 4.68 Å². The van der Waals surface area contributed by atoms with E-state index in [9.17, 15) is 4.79 Å².